The van der Waals surface area contributed by atoms with E-state index >= 15 is 0 Å². The third-order valence-corrected chi connectivity index (χ3v) is 7.34. The Labute approximate surface area is 199 Å². The minimum atomic E-state index is -3.58. The molecule has 4 rings (SSSR count). The Morgan fingerprint density at radius 3 is 2.26 bits per heavy atom. The number of piperazine rings is 1. The van der Waals surface area contributed by atoms with Gasteiger partial charge in [-0.15, -0.1) is 0 Å². The predicted octanol–water partition coefficient (Wildman–Crippen LogP) is 3.89. The Kier molecular flexibility index (Phi) is 6.95. The SMILES string of the molecule is CC(C)c1c(C(=O)N2CCN(S(=O)(=O)/C=C/c3ccccc3)CC2)cnn1-c1ccc(F)cc1. The zero-order chi connectivity index (χ0) is 24.3. The van der Waals surface area contributed by atoms with Crippen molar-refractivity contribution in [3.8, 4) is 5.69 Å². The van der Waals surface area contributed by atoms with Gasteiger partial charge in [0.15, 0.2) is 0 Å². The first-order valence-corrected chi connectivity index (χ1v) is 12.6. The highest BCUT2D eigenvalue weighted by Crippen LogP contribution is 2.25. The third-order valence-electron chi connectivity index (χ3n) is 5.77. The van der Waals surface area contributed by atoms with E-state index in [1.54, 1.807) is 27.8 Å². The fourth-order valence-electron chi connectivity index (χ4n) is 4.00. The molecular weight excluding hydrogens is 455 g/mol. The lowest BCUT2D eigenvalue weighted by molar-refractivity contribution is 0.0697. The molecule has 1 aliphatic heterocycles. The Morgan fingerprint density at radius 2 is 1.65 bits per heavy atom. The lowest BCUT2D eigenvalue weighted by Crippen LogP contribution is -2.50. The first-order chi connectivity index (χ1) is 16.3. The Morgan fingerprint density at radius 1 is 1.00 bits per heavy atom. The van der Waals surface area contributed by atoms with E-state index in [1.165, 1.54) is 28.0 Å². The van der Waals surface area contributed by atoms with Crippen LogP contribution in [-0.4, -0.2) is 59.5 Å². The Balaban J connectivity index is 1.47. The normalized spacial score (nSPS) is 15.4. The molecule has 7 nitrogen and oxygen atoms in total. The summed E-state index contributed by atoms with van der Waals surface area (Å²) in [4.78, 5) is 15.0. The number of amides is 1. The second-order valence-electron chi connectivity index (χ2n) is 8.44. The summed E-state index contributed by atoms with van der Waals surface area (Å²) >= 11 is 0. The van der Waals surface area contributed by atoms with Crippen molar-refractivity contribution in [1.82, 2.24) is 19.0 Å². The maximum atomic E-state index is 13.3. The molecule has 2 aromatic carbocycles. The number of benzene rings is 2. The molecule has 1 fully saturated rings. The van der Waals surface area contributed by atoms with Gasteiger partial charge in [0, 0.05) is 31.6 Å². The van der Waals surface area contributed by atoms with E-state index in [0.29, 0.717) is 11.3 Å². The number of halogens is 1. The molecule has 0 N–H and O–H groups in total. The first kappa shape index (κ1) is 23.8. The van der Waals surface area contributed by atoms with Crippen LogP contribution in [0.5, 0.6) is 0 Å². The number of aromatic nitrogens is 2. The van der Waals surface area contributed by atoms with Crippen molar-refractivity contribution in [1.29, 1.82) is 0 Å². The van der Waals surface area contributed by atoms with Crippen molar-refractivity contribution >= 4 is 22.0 Å². The predicted molar refractivity (Wildman–Crippen MR) is 129 cm³/mol. The molecule has 3 aromatic rings. The summed E-state index contributed by atoms with van der Waals surface area (Å²) in [5.41, 5.74) is 2.68. The van der Waals surface area contributed by atoms with Gasteiger partial charge < -0.3 is 4.90 Å². The third kappa shape index (κ3) is 5.10. The molecule has 1 saturated heterocycles. The monoisotopic (exact) mass is 482 g/mol. The number of carbonyl (C=O) groups excluding carboxylic acids is 1. The number of sulfonamides is 1. The van der Waals surface area contributed by atoms with Crippen LogP contribution in [0.15, 0.2) is 66.2 Å². The fourth-order valence-corrected chi connectivity index (χ4v) is 5.17. The number of nitrogens with zero attached hydrogens (tertiary/aromatic N) is 4. The van der Waals surface area contributed by atoms with Gasteiger partial charge in [-0.2, -0.15) is 9.40 Å². The van der Waals surface area contributed by atoms with Crippen LogP contribution in [0, 0.1) is 5.82 Å². The Hall–Kier alpha value is -3.30. The van der Waals surface area contributed by atoms with E-state index in [9.17, 15) is 17.6 Å². The number of rotatable bonds is 6. The second-order valence-corrected chi connectivity index (χ2v) is 10.3. The van der Waals surface area contributed by atoms with Gasteiger partial charge in [-0.05, 0) is 41.8 Å². The molecular formula is C25H27FN4O3S. The number of hydrogen-bond donors (Lipinski definition) is 0. The van der Waals surface area contributed by atoms with E-state index in [4.69, 9.17) is 0 Å². The molecule has 9 heteroatoms. The van der Waals surface area contributed by atoms with E-state index < -0.39 is 10.0 Å². The van der Waals surface area contributed by atoms with Crippen molar-refractivity contribution in [2.45, 2.75) is 19.8 Å². The highest BCUT2D eigenvalue weighted by molar-refractivity contribution is 7.92. The van der Waals surface area contributed by atoms with Gasteiger partial charge in [-0.25, -0.2) is 17.5 Å². The maximum absolute atomic E-state index is 13.3. The van der Waals surface area contributed by atoms with Crippen molar-refractivity contribution in [3.63, 3.8) is 0 Å². The highest BCUT2D eigenvalue weighted by Gasteiger charge is 2.30. The van der Waals surface area contributed by atoms with Crippen LogP contribution in [0.3, 0.4) is 0 Å². The summed E-state index contributed by atoms with van der Waals surface area (Å²) < 4.78 is 41.9. The van der Waals surface area contributed by atoms with Crippen molar-refractivity contribution < 1.29 is 17.6 Å². The zero-order valence-corrected chi connectivity index (χ0v) is 20.0. The van der Waals surface area contributed by atoms with E-state index in [2.05, 4.69) is 5.10 Å². The molecule has 0 unspecified atom stereocenters. The number of carbonyl (C=O) groups is 1. The minimum absolute atomic E-state index is 0.00343. The summed E-state index contributed by atoms with van der Waals surface area (Å²) in [5.74, 6) is -0.532. The van der Waals surface area contributed by atoms with E-state index in [-0.39, 0.29) is 43.8 Å². The standard InChI is InChI=1S/C25H27FN4O3S/c1-19(2)24-23(18-27-30(24)22-10-8-21(26)9-11-22)25(31)28-13-15-29(16-14-28)34(32,33)17-12-20-6-4-3-5-7-20/h3-12,17-19H,13-16H2,1-2H3/b17-12+. The maximum Gasteiger partial charge on any atom is 0.257 e. The molecule has 0 atom stereocenters. The van der Waals surface area contributed by atoms with Crippen molar-refractivity contribution in [2.24, 2.45) is 0 Å². The van der Waals surface area contributed by atoms with Gasteiger partial charge in [0.25, 0.3) is 5.91 Å². The van der Waals surface area contributed by atoms with Crippen LogP contribution in [0.2, 0.25) is 0 Å². The molecule has 0 bridgehead atoms. The van der Waals surface area contributed by atoms with Gasteiger partial charge in [0.1, 0.15) is 5.82 Å². The van der Waals surface area contributed by atoms with Gasteiger partial charge in [-0.1, -0.05) is 44.2 Å². The smallest absolute Gasteiger partial charge is 0.257 e. The van der Waals surface area contributed by atoms with Crippen molar-refractivity contribution in [3.05, 3.63) is 88.8 Å². The van der Waals surface area contributed by atoms with Crippen LogP contribution in [0.4, 0.5) is 4.39 Å². The average Bonchev–Trinajstić information content (AvgIpc) is 3.29. The lowest BCUT2D eigenvalue weighted by atomic mass is 10.0. The second kappa shape index (κ2) is 9.90. The van der Waals surface area contributed by atoms with Crippen LogP contribution < -0.4 is 0 Å². The lowest BCUT2D eigenvalue weighted by Gasteiger charge is -2.33. The first-order valence-electron chi connectivity index (χ1n) is 11.1. The highest BCUT2D eigenvalue weighted by atomic mass is 32.2. The average molecular weight is 483 g/mol. The quantitative estimate of drug-likeness (QED) is 0.534. The van der Waals surface area contributed by atoms with E-state index in [0.717, 1.165) is 11.3 Å². The topological polar surface area (TPSA) is 75.5 Å². The van der Waals surface area contributed by atoms with Crippen LogP contribution in [0.1, 0.15) is 41.4 Å². The molecule has 1 amide bonds. The Bertz CT molecular complexity index is 1280. The van der Waals surface area contributed by atoms with Gasteiger partial charge in [0.05, 0.1) is 23.1 Å². The number of hydrogen-bond acceptors (Lipinski definition) is 4. The summed E-state index contributed by atoms with van der Waals surface area (Å²) in [6, 6.07) is 15.2. The summed E-state index contributed by atoms with van der Waals surface area (Å²) in [6.45, 7) is 4.95. The summed E-state index contributed by atoms with van der Waals surface area (Å²) in [6.07, 6.45) is 3.11. The molecule has 1 aromatic heterocycles. The molecule has 34 heavy (non-hydrogen) atoms. The van der Waals surface area contributed by atoms with Crippen molar-refractivity contribution in [2.75, 3.05) is 26.2 Å². The van der Waals surface area contributed by atoms with Crippen LogP contribution in [-0.2, 0) is 10.0 Å². The summed E-state index contributed by atoms with van der Waals surface area (Å²) in [5, 5.41) is 5.60. The fraction of sp³-hybridized carbons (Fsp3) is 0.280. The molecule has 0 saturated carbocycles. The van der Waals surface area contributed by atoms with Crippen LogP contribution >= 0.6 is 0 Å². The van der Waals surface area contributed by atoms with E-state index in [1.807, 2.05) is 44.2 Å². The molecule has 0 aliphatic carbocycles. The van der Waals surface area contributed by atoms with Gasteiger partial charge >= 0.3 is 0 Å². The molecule has 1 aliphatic rings. The summed E-state index contributed by atoms with van der Waals surface area (Å²) in [7, 11) is -3.58. The molecule has 0 spiro atoms. The van der Waals surface area contributed by atoms with Gasteiger partial charge in [0.2, 0.25) is 10.0 Å². The van der Waals surface area contributed by atoms with Gasteiger partial charge in [-0.3, -0.25) is 4.79 Å². The molecule has 178 valence electrons. The molecule has 0 radical (unpaired) electrons. The zero-order valence-electron chi connectivity index (χ0n) is 19.1. The molecule has 2 heterocycles. The van der Waals surface area contributed by atoms with Crippen LogP contribution in [0.25, 0.3) is 11.8 Å². The minimum Gasteiger partial charge on any atom is -0.336 e. The largest absolute Gasteiger partial charge is 0.336 e.